The third-order valence-electron chi connectivity index (χ3n) is 3.21. The number of nitrogens with zero attached hydrogens (tertiary/aromatic N) is 1. The van der Waals surface area contributed by atoms with Gasteiger partial charge in [-0.1, -0.05) is 13.8 Å². The molecule has 0 aromatic rings. The Morgan fingerprint density at radius 3 is 2.77 bits per heavy atom. The van der Waals surface area contributed by atoms with Crippen molar-refractivity contribution in [3.63, 3.8) is 0 Å². The number of carbonyl (C=O) groups excluding carboxylic acids is 1. The monoisotopic (exact) mass is 183 g/mol. The van der Waals surface area contributed by atoms with E-state index in [4.69, 9.17) is 0 Å². The molecule has 2 nitrogen and oxygen atoms in total. The lowest BCUT2D eigenvalue weighted by Gasteiger charge is -2.28. The van der Waals surface area contributed by atoms with Gasteiger partial charge in [-0.3, -0.25) is 9.69 Å². The fourth-order valence-corrected chi connectivity index (χ4v) is 2.29. The Morgan fingerprint density at radius 1 is 1.54 bits per heavy atom. The standard InChI is InChI=1S/C11H21NO/c1-4-10-7-6-8-12(10)9(3)11(13)5-2/h9-10H,4-8H2,1-3H3. The average molecular weight is 183 g/mol. The SMILES string of the molecule is CCC(=O)C(C)N1CCCC1CC. The molecule has 2 heteroatoms. The van der Waals surface area contributed by atoms with E-state index in [0.717, 1.165) is 6.54 Å². The lowest BCUT2D eigenvalue weighted by atomic mass is 10.1. The van der Waals surface area contributed by atoms with Gasteiger partial charge in [-0.2, -0.15) is 0 Å². The van der Waals surface area contributed by atoms with Gasteiger partial charge in [0.25, 0.3) is 0 Å². The van der Waals surface area contributed by atoms with Crippen LogP contribution in [0.2, 0.25) is 0 Å². The van der Waals surface area contributed by atoms with Gasteiger partial charge in [0.1, 0.15) is 5.78 Å². The largest absolute Gasteiger partial charge is 0.298 e. The van der Waals surface area contributed by atoms with E-state index < -0.39 is 0 Å². The van der Waals surface area contributed by atoms with Crippen LogP contribution in [-0.4, -0.2) is 29.3 Å². The molecule has 0 saturated carbocycles. The minimum atomic E-state index is 0.150. The van der Waals surface area contributed by atoms with Gasteiger partial charge < -0.3 is 0 Å². The summed E-state index contributed by atoms with van der Waals surface area (Å²) in [6.45, 7) is 7.34. The Labute approximate surface area is 81.3 Å². The molecule has 1 aliphatic heterocycles. The van der Waals surface area contributed by atoms with Gasteiger partial charge in [0, 0.05) is 12.5 Å². The minimum Gasteiger partial charge on any atom is -0.298 e. The molecular weight excluding hydrogens is 162 g/mol. The van der Waals surface area contributed by atoms with Gasteiger partial charge in [-0.15, -0.1) is 0 Å². The molecule has 1 aliphatic rings. The van der Waals surface area contributed by atoms with Gasteiger partial charge in [0.05, 0.1) is 6.04 Å². The predicted molar refractivity (Wildman–Crippen MR) is 54.8 cm³/mol. The van der Waals surface area contributed by atoms with E-state index in [1.807, 2.05) is 6.92 Å². The maximum Gasteiger partial charge on any atom is 0.149 e. The van der Waals surface area contributed by atoms with E-state index in [0.29, 0.717) is 18.2 Å². The fourth-order valence-electron chi connectivity index (χ4n) is 2.29. The Hall–Kier alpha value is -0.370. The van der Waals surface area contributed by atoms with E-state index in [1.54, 1.807) is 0 Å². The molecule has 76 valence electrons. The molecular formula is C11H21NO. The van der Waals surface area contributed by atoms with Crippen LogP contribution in [0.15, 0.2) is 0 Å². The van der Waals surface area contributed by atoms with E-state index in [2.05, 4.69) is 18.7 Å². The van der Waals surface area contributed by atoms with Gasteiger partial charge in [0.15, 0.2) is 0 Å². The molecule has 1 saturated heterocycles. The number of Topliss-reactive ketones (excluding diaryl/α,β-unsaturated/α-hetero) is 1. The first-order valence-corrected chi connectivity index (χ1v) is 5.49. The molecule has 0 bridgehead atoms. The van der Waals surface area contributed by atoms with Crippen molar-refractivity contribution >= 4 is 5.78 Å². The average Bonchev–Trinajstić information content (AvgIpc) is 2.62. The third-order valence-corrected chi connectivity index (χ3v) is 3.21. The minimum absolute atomic E-state index is 0.150. The maximum absolute atomic E-state index is 11.5. The van der Waals surface area contributed by atoms with Crippen LogP contribution < -0.4 is 0 Å². The zero-order valence-corrected chi connectivity index (χ0v) is 9.05. The molecule has 1 fully saturated rings. The molecule has 0 radical (unpaired) electrons. The summed E-state index contributed by atoms with van der Waals surface area (Å²) in [5.41, 5.74) is 0. The Kier molecular flexibility index (Phi) is 3.91. The van der Waals surface area contributed by atoms with Crippen molar-refractivity contribution in [3.05, 3.63) is 0 Å². The van der Waals surface area contributed by atoms with E-state index in [-0.39, 0.29) is 6.04 Å². The highest BCUT2D eigenvalue weighted by Crippen LogP contribution is 2.22. The number of hydrogen-bond acceptors (Lipinski definition) is 2. The molecule has 2 unspecified atom stereocenters. The first-order chi connectivity index (χ1) is 6.20. The molecule has 0 N–H and O–H groups in total. The Bertz CT molecular complexity index is 179. The first-order valence-electron chi connectivity index (χ1n) is 5.49. The van der Waals surface area contributed by atoms with Crippen LogP contribution in [0.3, 0.4) is 0 Å². The molecule has 0 aliphatic carbocycles. The summed E-state index contributed by atoms with van der Waals surface area (Å²) >= 11 is 0. The van der Waals surface area contributed by atoms with Crippen LogP contribution >= 0.6 is 0 Å². The van der Waals surface area contributed by atoms with Crippen molar-refractivity contribution in [2.24, 2.45) is 0 Å². The normalized spacial score (nSPS) is 26.2. The summed E-state index contributed by atoms with van der Waals surface area (Å²) in [7, 11) is 0. The molecule has 0 spiro atoms. The van der Waals surface area contributed by atoms with Crippen LogP contribution in [0, 0.1) is 0 Å². The van der Waals surface area contributed by atoms with Gasteiger partial charge in [0.2, 0.25) is 0 Å². The summed E-state index contributed by atoms with van der Waals surface area (Å²) in [6.07, 6.45) is 4.40. The summed E-state index contributed by atoms with van der Waals surface area (Å²) < 4.78 is 0. The van der Waals surface area contributed by atoms with Crippen molar-refractivity contribution in [3.8, 4) is 0 Å². The van der Waals surface area contributed by atoms with Crippen molar-refractivity contribution in [2.45, 2.75) is 58.5 Å². The molecule has 0 amide bonds. The van der Waals surface area contributed by atoms with Gasteiger partial charge in [-0.25, -0.2) is 0 Å². The summed E-state index contributed by atoms with van der Waals surface area (Å²) in [6, 6.07) is 0.808. The highest BCUT2D eigenvalue weighted by atomic mass is 16.1. The fraction of sp³-hybridized carbons (Fsp3) is 0.909. The topological polar surface area (TPSA) is 20.3 Å². The smallest absolute Gasteiger partial charge is 0.149 e. The molecule has 13 heavy (non-hydrogen) atoms. The van der Waals surface area contributed by atoms with E-state index >= 15 is 0 Å². The second-order valence-electron chi connectivity index (χ2n) is 3.94. The summed E-state index contributed by atoms with van der Waals surface area (Å²) in [5, 5.41) is 0. The lowest BCUT2D eigenvalue weighted by Crippen LogP contribution is -2.41. The third kappa shape index (κ3) is 2.31. The molecule has 0 aromatic heterocycles. The quantitative estimate of drug-likeness (QED) is 0.666. The molecule has 1 rings (SSSR count). The summed E-state index contributed by atoms with van der Waals surface area (Å²) in [4.78, 5) is 13.9. The zero-order chi connectivity index (χ0) is 9.84. The number of hydrogen-bond donors (Lipinski definition) is 0. The summed E-state index contributed by atoms with van der Waals surface area (Å²) in [5.74, 6) is 0.389. The van der Waals surface area contributed by atoms with E-state index in [1.165, 1.54) is 19.3 Å². The van der Waals surface area contributed by atoms with Crippen molar-refractivity contribution < 1.29 is 4.79 Å². The Balaban J connectivity index is 2.54. The van der Waals surface area contributed by atoms with Crippen LogP contribution in [-0.2, 0) is 4.79 Å². The van der Waals surface area contributed by atoms with Crippen LogP contribution in [0.5, 0.6) is 0 Å². The van der Waals surface area contributed by atoms with Crippen molar-refractivity contribution in [2.75, 3.05) is 6.54 Å². The first kappa shape index (κ1) is 10.7. The predicted octanol–water partition coefficient (Wildman–Crippen LogP) is 2.23. The van der Waals surface area contributed by atoms with Crippen LogP contribution in [0.1, 0.15) is 46.5 Å². The van der Waals surface area contributed by atoms with Crippen molar-refractivity contribution in [1.82, 2.24) is 4.90 Å². The zero-order valence-electron chi connectivity index (χ0n) is 9.05. The lowest BCUT2D eigenvalue weighted by molar-refractivity contribution is -0.123. The van der Waals surface area contributed by atoms with Crippen molar-refractivity contribution in [1.29, 1.82) is 0 Å². The number of carbonyl (C=O) groups is 1. The van der Waals surface area contributed by atoms with Crippen LogP contribution in [0.4, 0.5) is 0 Å². The number of rotatable bonds is 4. The molecule has 2 atom stereocenters. The number of likely N-dealkylation sites (tertiary alicyclic amines) is 1. The van der Waals surface area contributed by atoms with Gasteiger partial charge >= 0.3 is 0 Å². The highest BCUT2D eigenvalue weighted by Gasteiger charge is 2.29. The highest BCUT2D eigenvalue weighted by molar-refractivity contribution is 5.83. The van der Waals surface area contributed by atoms with E-state index in [9.17, 15) is 4.79 Å². The second kappa shape index (κ2) is 4.75. The molecule has 1 heterocycles. The number of ketones is 1. The second-order valence-corrected chi connectivity index (χ2v) is 3.94. The van der Waals surface area contributed by atoms with Crippen LogP contribution in [0.25, 0.3) is 0 Å². The van der Waals surface area contributed by atoms with Gasteiger partial charge in [-0.05, 0) is 32.7 Å². The molecule has 0 aromatic carbocycles. The Morgan fingerprint density at radius 2 is 2.23 bits per heavy atom. The maximum atomic E-state index is 11.5.